The summed E-state index contributed by atoms with van der Waals surface area (Å²) in [5, 5.41) is 12.4. The lowest BCUT2D eigenvalue weighted by Crippen LogP contribution is -2.18. The summed E-state index contributed by atoms with van der Waals surface area (Å²) in [7, 11) is 1.64. The molecule has 0 bridgehead atoms. The summed E-state index contributed by atoms with van der Waals surface area (Å²) in [6, 6.07) is 16.1. The quantitative estimate of drug-likeness (QED) is 0.884. The Labute approximate surface area is 133 Å². The molecule has 0 saturated heterocycles. The van der Waals surface area contributed by atoms with Crippen LogP contribution in [0, 0.1) is 11.3 Å². The molecule has 2 aromatic rings. The number of halogens is 1. The van der Waals surface area contributed by atoms with Gasteiger partial charge in [-0.3, -0.25) is 0 Å². The summed E-state index contributed by atoms with van der Waals surface area (Å²) in [6.07, 6.45) is 0. The lowest BCUT2D eigenvalue weighted by atomic mass is 10.1. The number of ether oxygens (including phenoxy) is 1. The average Bonchev–Trinajstić information content (AvgIpc) is 2.52. The molecular weight excluding hydrogens is 328 g/mol. The summed E-state index contributed by atoms with van der Waals surface area (Å²) >= 11 is 3.44. The van der Waals surface area contributed by atoms with Crippen molar-refractivity contribution >= 4 is 15.9 Å². The maximum atomic E-state index is 8.99. The standard InChI is InChI=1S/C17H17BrN2O/c1-12(14-4-6-16(18)7-5-14)20-11-15-9-13(10-19)3-8-17(15)21-2/h3-9,12,20H,11H2,1-2H3/t12-/m1/s1. The highest BCUT2D eigenvalue weighted by molar-refractivity contribution is 9.10. The van der Waals surface area contributed by atoms with Crippen LogP contribution in [0.1, 0.15) is 29.7 Å². The lowest BCUT2D eigenvalue weighted by molar-refractivity contribution is 0.406. The first-order valence-corrected chi connectivity index (χ1v) is 7.49. The number of hydrogen-bond donors (Lipinski definition) is 1. The third kappa shape index (κ3) is 4.07. The topological polar surface area (TPSA) is 45.0 Å². The van der Waals surface area contributed by atoms with Gasteiger partial charge in [-0.1, -0.05) is 28.1 Å². The maximum absolute atomic E-state index is 8.99. The fourth-order valence-electron chi connectivity index (χ4n) is 2.12. The van der Waals surface area contributed by atoms with Gasteiger partial charge in [0.2, 0.25) is 0 Å². The Morgan fingerprint density at radius 1 is 1.24 bits per heavy atom. The van der Waals surface area contributed by atoms with Crippen molar-refractivity contribution in [3.63, 3.8) is 0 Å². The molecule has 2 aromatic carbocycles. The van der Waals surface area contributed by atoms with Gasteiger partial charge in [-0.25, -0.2) is 0 Å². The molecule has 3 nitrogen and oxygen atoms in total. The van der Waals surface area contributed by atoms with Crippen LogP contribution in [0.2, 0.25) is 0 Å². The summed E-state index contributed by atoms with van der Waals surface area (Å²) in [4.78, 5) is 0. The van der Waals surface area contributed by atoms with Crippen molar-refractivity contribution in [2.75, 3.05) is 7.11 Å². The van der Waals surface area contributed by atoms with Gasteiger partial charge >= 0.3 is 0 Å². The molecule has 0 aliphatic heterocycles. The largest absolute Gasteiger partial charge is 0.496 e. The van der Waals surface area contributed by atoms with Gasteiger partial charge in [-0.15, -0.1) is 0 Å². The number of methoxy groups -OCH3 is 1. The Bertz CT molecular complexity index is 647. The van der Waals surface area contributed by atoms with Crippen LogP contribution in [-0.2, 0) is 6.54 Å². The van der Waals surface area contributed by atoms with E-state index in [2.05, 4.69) is 46.4 Å². The van der Waals surface area contributed by atoms with Gasteiger partial charge in [0.15, 0.2) is 0 Å². The highest BCUT2D eigenvalue weighted by atomic mass is 79.9. The Balaban J connectivity index is 2.08. The first-order chi connectivity index (χ1) is 10.1. The van der Waals surface area contributed by atoms with Crippen LogP contribution in [0.4, 0.5) is 0 Å². The highest BCUT2D eigenvalue weighted by Crippen LogP contribution is 2.21. The van der Waals surface area contributed by atoms with E-state index in [1.807, 2.05) is 24.3 Å². The van der Waals surface area contributed by atoms with Crippen LogP contribution in [0.3, 0.4) is 0 Å². The molecule has 2 rings (SSSR count). The normalized spacial score (nSPS) is 11.7. The molecule has 0 aromatic heterocycles. The number of hydrogen-bond acceptors (Lipinski definition) is 3. The van der Waals surface area contributed by atoms with Crippen LogP contribution in [-0.4, -0.2) is 7.11 Å². The molecular formula is C17H17BrN2O. The molecule has 1 atom stereocenters. The van der Waals surface area contributed by atoms with E-state index < -0.39 is 0 Å². The van der Waals surface area contributed by atoms with Crippen molar-refractivity contribution in [1.82, 2.24) is 5.32 Å². The van der Waals surface area contributed by atoms with Crippen LogP contribution in [0.15, 0.2) is 46.9 Å². The molecule has 0 unspecified atom stereocenters. The molecule has 108 valence electrons. The molecule has 0 amide bonds. The van der Waals surface area contributed by atoms with E-state index in [0.29, 0.717) is 12.1 Å². The first kappa shape index (κ1) is 15.6. The van der Waals surface area contributed by atoms with Gasteiger partial charge in [0.1, 0.15) is 5.75 Å². The van der Waals surface area contributed by atoms with Crippen LogP contribution in [0.25, 0.3) is 0 Å². The number of nitrogens with one attached hydrogen (secondary N) is 1. The summed E-state index contributed by atoms with van der Waals surface area (Å²) in [5.41, 5.74) is 2.85. The minimum Gasteiger partial charge on any atom is -0.496 e. The summed E-state index contributed by atoms with van der Waals surface area (Å²) in [6.45, 7) is 2.76. The number of rotatable bonds is 5. The Kier molecular flexibility index (Phi) is 5.38. The molecule has 0 fully saturated rings. The molecule has 21 heavy (non-hydrogen) atoms. The molecule has 0 aliphatic carbocycles. The van der Waals surface area contributed by atoms with E-state index in [4.69, 9.17) is 10.00 Å². The minimum atomic E-state index is 0.216. The van der Waals surface area contributed by atoms with Gasteiger partial charge < -0.3 is 10.1 Å². The molecule has 1 N–H and O–H groups in total. The Morgan fingerprint density at radius 3 is 2.57 bits per heavy atom. The fraction of sp³-hybridized carbons (Fsp3) is 0.235. The zero-order valence-electron chi connectivity index (χ0n) is 12.1. The van der Waals surface area contributed by atoms with E-state index in [9.17, 15) is 0 Å². The maximum Gasteiger partial charge on any atom is 0.123 e. The predicted molar refractivity (Wildman–Crippen MR) is 87.1 cm³/mol. The molecule has 0 heterocycles. The smallest absolute Gasteiger partial charge is 0.123 e. The zero-order valence-corrected chi connectivity index (χ0v) is 13.6. The van der Waals surface area contributed by atoms with Crippen LogP contribution in [0.5, 0.6) is 5.75 Å². The SMILES string of the molecule is COc1ccc(C#N)cc1CN[C@H](C)c1ccc(Br)cc1. The van der Waals surface area contributed by atoms with Gasteiger partial charge in [0.25, 0.3) is 0 Å². The lowest BCUT2D eigenvalue weighted by Gasteiger charge is -2.16. The van der Waals surface area contributed by atoms with Crippen molar-refractivity contribution < 1.29 is 4.74 Å². The predicted octanol–water partition coefficient (Wildman–Crippen LogP) is 4.18. The van der Waals surface area contributed by atoms with Gasteiger partial charge in [0, 0.05) is 22.6 Å². The van der Waals surface area contributed by atoms with Gasteiger partial charge in [-0.2, -0.15) is 5.26 Å². The molecule has 0 radical (unpaired) electrons. The number of nitrogens with zero attached hydrogens (tertiary/aromatic N) is 1. The number of benzene rings is 2. The summed E-state index contributed by atoms with van der Waals surface area (Å²) in [5.74, 6) is 0.796. The van der Waals surface area contributed by atoms with Crippen LogP contribution < -0.4 is 10.1 Å². The minimum absolute atomic E-state index is 0.216. The van der Waals surface area contributed by atoms with Crippen LogP contribution >= 0.6 is 15.9 Å². The Morgan fingerprint density at radius 2 is 1.95 bits per heavy atom. The molecule has 0 saturated carbocycles. The van der Waals surface area contributed by atoms with E-state index in [-0.39, 0.29) is 6.04 Å². The van der Waals surface area contributed by atoms with Crippen molar-refractivity contribution in [2.24, 2.45) is 0 Å². The molecule has 4 heteroatoms. The van der Waals surface area contributed by atoms with E-state index in [1.165, 1.54) is 5.56 Å². The van der Waals surface area contributed by atoms with Crippen molar-refractivity contribution in [3.8, 4) is 11.8 Å². The van der Waals surface area contributed by atoms with Crippen molar-refractivity contribution in [2.45, 2.75) is 19.5 Å². The van der Waals surface area contributed by atoms with E-state index in [1.54, 1.807) is 13.2 Å². The average molecular weight is 345 g/mol. The monoisotopic (exact) mass is 344 g/mol. The second kappa shape index (κ2) is 7.26. The molecule has 0 aliphatic rings. The van der Waals surface area contributed by atoms with Gasteiger partial charge in [-0.05, 0) is 42.8 Å². The zero-order chi connectivity index (χ0) is 15.2. The van der Waals surface area contributed by atoms with Crippen molar-refractivity contribution in [3.05, 3.63) is 63.6 Å². The highest BCUT2D eigenvalue weighted by Gasteiger charge is 2.08. The third-order valence-electron chi connectivity index (χ3n) is 3.38. The fourth-order valence-corrected chi connectivity index (χ4v) is 2.38. The first-order valence-electron chi connectivity index (χ1n) is 6.70. The molecule has 0 spiro atoms. The van der Waals surface area contributed by atoms with Crippen molar-refractivity contribution in [1.29, 1.82) is 5.26 Å². The van der Waals surface area contributed by atoms with E-state index in [0.717, 1.165) is 15.8 Å². The second-order valence-corrected chi connectivity index (χ2v) is 5.71. The Hall–Kier alpha value is -1.83. The third-order valence-corrected chi connectivity index (χ3v) is 3.91. The number of nitriles is 1. The van der Waals surface area contributed by atoms with Gasteiger partial charge in [0.05, 0.1) is 18.7 Å². The van der Waals surface area contributed by atoms with E-state index >= 15 is 0 Å². The second-order valence-electron chi connectivity index (χ2n) is 4.79. The summed E-state index contributed by atoms with van der Waals surface area (Å²) < 4.78 is 6.41.